The summed E-state index contributed by atoms with van der Waals surface area (Å²) in [4.78, 5) is 12.8. The van der Waals surface area contributed by atoms with Gasteiger partial charge < -0.3 is 23.7 Å². The molecule has 1 aliphatic rings. The van der Waals surface area contributed by atoms with Crippen molar-refractivity contribution < 1.29 is 28.5 Å². The number of methoxy groups -OCH3 is 4. The molecule has 6 heteroatoms. The maximum Gasteiger partial charge on any atom is 0.203 e. The summed E-state index contributed by atoms with van der Waals surface area (Å²) in [6.45, 7) is 0.189. The summed E-state index contributed by atoms with van der Waals surface area (Å²) < 4.78 is 26.9. The standard InChI is InChI=1S/C20H20O6/c1-22-14-5-6-16-15(10-14)19(21)13(11-26-16)7-12-8-17(23-2)20(25-4)18(9-12)24-3/h5-10H,11H2,1-4H3. The topological polar surface area (TPSA) is 63.2 Å². The molecule has 136 valence electrons. The Morgan fingerprint density at radius 1 is 0.923 bits per heavy atom. The number of rotatable bonds is 5. The molecule has 0 saturated heterocycles. The van der Waals surface area contributed by atoms with Gasteiger partial charge in [0.1, 0.15) is 18.1 Å². The Labute approximate surface area is 151 Å². The summed E-state index contributed by atoms with van der Waals surface area (Å²) in [7, 11) is 6.20. The van der Waals surface area contributed by atoms with Crippen molar-refractivity contribution in [1.82, 2.24) is 0 Å². The zero-order valence-corrected chi connectivity index (χ0v) is 15.1. The van der Waals surface area contributed by atoms with E-state index in [1.807, 2.05) is 0 Å². The largest absolute Gasteiger partial charge is 0.497 e. The molecule has 0 N–H and O–H groups in total. The van der Waals surface area contributed by atoms with E-state index in [2.05, 4.69) is 0 Å². The molecule has 6 nitrogen and oxygen atoms in total. The lowest BCUT2D eigenvalue weighted by molar-refractivity contribution is 0.100. The monoisotopic (exact) mass is 356 g/mol. The first-order valence-corrected chi connectivity index (χ1v) is 7.97. The molecule has 2 aromatic rings. The van der Waals surface area contributed by atoms with Crippen molar-refractivity contribution in [2.24, 2.45) is 0 Å². The Balaban J connectivity index is 2.01. The van der Waals surface area contributed by atoms with E-state index in [0.29, 0.717) is 39.9 Å². The smallest absolute Gasteiger partial charge is 0.203 e. The highest BCUT2D eigenvalue weighted by molar-refractivity contribution is 6.14. The number of fused-ring (bicyclic) bond motifs is 1. The van der Waals surface area contributed by atoms with Gasteiger partial charge in [0.2, 0.25) is 5.75 Å². The van der Waals surface area contributed by atoms with Crippen molar-refractivity contribution in [3.8, 4) is 28.7 Å². The molecule has 3 rings (SSSR count). The molecule has 0 radical (unpaired) electrons. The molecular formula is C20H20O6. The van der Waals surface area contributed by atoms with Crippen molar-refractivity contribution >= 4 is 11.9 Å². The number of ether oxygens (including phenoxy) is 5. The van der Waals surface area contributed by atoms with Gasteiger partial charge in [-0.1, -0.05) is 0 Å². The summed E-state index contributed by atoms with van der Waals surface area (Å²) in [6.07, 6.45) is 1.76. The summed E-state index contributed by atoms with van der Waals surface area (Å²) in [5, 5.41) is 0. The number of hydrogen-bond acceptors (Lipinski definition) is 6. The van der Waals surface area contributed by atoms with Gasteiger partial charge in [-0.15, -0.1) is 0 Å². The van der Waals surface area contributed by atoms with Crippen molar-refractivity contribution in [2.45, 2.75) is 0 Å². The van der Waals surface area contributed by atoms with E-state index < -0.39 is 0 Å². The summed E-state index contributed by atoms with van der Waals surface area (Å²) in [5.41, 5.74) is 1.76. The second-order valence-electron chi connectivity index (χ2n) is 5.61. The second kappa shape index (κ2) is 7.39. The van der Waals surface area contributed by atoms with Gasteiger partial charge in [0.15, 0.2) is 17.3 Å². The Morgan fingerprint density at radius 3 is 2.19 bits per heavy atom. The van der Waals surface area contributed by atoms with E-state index >= 15 is 0 Å². The molecule has 0 spiro atoms. The third-order valence-corrected chi connectivity index (χ3v) is 4.13. The Kier molecular flexibility index (Phi) is 5.02. The van der Waals surface area contributed by atoms with Gasteiger partial charge in [0.25, 0.3) is 0 Å². The van der Waals surface area contributed by atoms with Gasteiger partial charge in [0, 0.05) is 5.57 Å². The molecule has 1 heterocycles. The maximum atomic E-state index is 12.8. The Morgan fingerprint density at radius 2 is 1.62 bits per heavy atom. The molecule has 2 aromatic carbocycles. The van der Waals surface area contributed by atoms with Crippen molar-refractivity contribution in [1.29, 1.82) is 0 Å². The van der Waals surface area contributed by atoms with Gasteiger partial charge in [-0.25, -0.2) is 0 Å². The van der Waals surface area contributed by atoms with Crippen molar-refractivity contribution in [3.05, 3.63) is 47.0 Å². The SMILES string of the molecule is COc1ccc2c(c1)C(=O)C(=Cc1cc(OC)c(OC)c(OC)c1)CO2. The van der Waals surface area contributed by atoms with Gasteiger partial charge >= 0.3 is 0 Å². The zero-order valence-electron chi connectivity index (χ0n) is 15.1. The van der Waals surface area contributed by atoms with Gasteiger partial charge in [-0.3, -0.25) is 4.79 Å². The third-order valence-electron chi connectivity index (χ3n) is 4.13. The normalized spacial score (nSPS) is 14.5. The van der Waals surface area contributed by atoms with Crippen LogP contribution in [-0.2, 0) is 0 Å². The average molecular weight is 356 g/mol. The lowest BCUT2D eigenvalue weighted by atomic mass is 9.98. The van der Waals surface area contributed by atoms with Crippen LogP contribution in [0.4, 0.5) is 0 Å². The van der Waals surface area contributed by atoms with Crippen LogP contribution in [0.2, 0.25) is 0 Å². The Bertz CT molecular complexity index is 844. The molecule has 1 aliphatic heterocycles. The highest BCUT2D eigenvalue weighted by atomic mass is 16.5. The fraction of sp³-hybridized carbons (Fsp3) is 0.250. The maximum absolute atomic E-state index is 12.8. The molecule has 0 unspecified atom stereocenters. The van der Waals surface area contributed by atoms with Crippen LogP contribution >= 0.6 is 0 Å². The quantitative estimate of drug-likeness (QED) is 0.766. The van der Waals surface area contributed by atoms with Crippen LogP contribution in [0, 0.1) is 0 Å². The van der Waals surface area contributed by atoms with Crippen LogP contribution in [0.3, 0.4) is 0 Å². The molecule has 0 bridgehead atoms. The van der Waals surface area contributed by atoms with Crippen LogP contribution < -0.4 is 23.7 Å². The van der Waals surface area contributed by atoms with Crippen LogP contribution in [0.25, 0.3) is 6.08 Å². The highest BCUT2D eigenvalue weighted by Gasteiger charge is 2.24. The fourth-order valence-electron chi connectivity index (χ4n) is 2.83. The lowest BCUT2D eigenvalue weighted by Gasteiger charge is -2.19. The average Bonchev–Trinajstić information content (AvgIpc) is 2.69. The lowest BCUT2D eigenvalue weighted by Crippen LogP contribution is -2.19. The Hall–Kier alpha value is -3.15. The van der Waals surface area contributed by atoms with Crippen LogP contribution in [0.1, 0.15) is 15.9 Å². The van der Waals surface area contributed by atoms with E-state index in [-0.39, 0.29) is 12.4 Å². The number of carbonyl (C=O) groups excluding carboxylic acids is 1. The molecule has 0 amide bonds. The molecule has 0 aromatic heterocycles. The molecular weight excluding hydrogens is 336 g/mol. The van der Waals surface area contributed by atoms with Crippen LogP contribution in [0.5, 0.6) is 28.7 Å². The number of Topliss-reactive ketones (excluding diaryl/α,β-unsaturated/α-hetero) is 1. The highest BCUT2D eigenvalue weighted by Crippen LogP contribution is 2.39. The number of benzene rings is 2. The first-order chi connectivity index (χ1) is 12.6. The molecule has 0 aliphatic carbocycles. The van der Waals surface area contributed by atoms with Crippen molar-refractivity contribution in [2.75, 3.05) is 35.0 Å². The number of ketones is 1. The summed E-state index contributed by atoms with van der Waals surface area (Å²) in [5.74, 6) is 2.60. The molecule has 0 saturated carbocycles. The van der Waals surface area contributed by atoms with Gasteiger partial charge in [-0.2, -0.15) is 0 Å². The molecule has 0 atom stereocenters. The van der Waals surface area contributed by atoms with E-state index in [4.69, 9.17) is 23.7 Å². The van der Waals surface area contributed by atoms with Crippen LogP contribution in [0.15, 0.2) is 35.9 Å². The third kappa shape index (κ3) is 3.18. The van der Waals surface area contributed by atoms with Crippen LogP contribution in [-0.4, -0.2) is 40.8 Å². The van der Waals surface area contributed by atoms with E-state index in [1.165, 1.54) is 0 Å². The molecule has 26 heavy (non-hydrogen) atoms. The van der Waals surface area contributed by atoms with Gasteiger partial charge in [0.05, 0.1) is 34.0 Å². The number of hydrogen-bond donors (Lipinski definition) is 0. The minimum atomic E-state index is -0.0982. The summed E-state index contributed by atoms with van der Waals surface area (Å²) >= 11 is 0. The minimum absolute atomic E-state index is 0.0982. The first kappa shape index (κ1) is 17.7. The van der Waals surface area contributed by atoms with Crippen molar-refractivity contribution in [3.63, 3.8) is 0 Å². The zero-order chi connectivity index (χ0) is 18.7. The van der Waals surface area contributed by atoms with Gasteiger partial charge in [-0.05, 0) is 42.0 Å². The second-order valence-corrected chi connectivity index (χ2v) is 5.61. The number of carbonyl (C=O) groups is 1. The first-order valence-electron chi connectivity index (χ1n) is 7.97. The van der Waals surface area contributed by atoms with E-state index in [1.54, 1.807) is 64.8 Å². The predicted molar refractivity (Wildman–Crippen MR) is 96.9 cm³/mol. The minimum Gasteiger partial charge on any atom is -0.497 e. The fourth-order valence-corrected chi connectivity index (χ4v) is 2.83. The predicted octanol–water partition coefficient (Wildman–Crippen LogP) is 3.38. The molecule has 0 fully saturated rings. The van der Waals surface area contributed by atoms with E-state index in [9.17, 15) is 4.79 Å². The summed E-state index contributed by atoms with van der Waals surface area (Å²) in [6, 6.07) is 8.74. The van der Waals surface area contributed by atoms with E-state index in [0.717, 1.165) is 5.56 Å².